The van der Waals surface area contributed by atoms with Crippen molar-refractivity contribution in [2.75, 3.05) is 4.90 Å². The molecule has 3 aliphatic carbocycles. The molecule has 290 valence electrons. The first-order valence-corrected chi connectivity index (χ1v) is 21.5. The minimum Gasteiger partial charge on any atom is -0.311 e. The normalized spacial score (nSPS) is 17.0. The van der Waals surface area contributed by atoms with Crippen LogP contribution in [0.5, 0.6) is 0 Å². The summed E-state index contributed by atoms with van der Waals surface area (Å²) in [6.45, 7) is 4.75. The van der Waals surface area contributed by atoms with Crippen molar-refractivity contribution in [2.45, 2.75) is 25.2 Å². The summed E-state index contributed by atoms with van der Waals surface area (Å²) in [6, 6.07) is 71.8. The molecule has 0 spiro atoms. The molecule has 0 saturated carbocycles. The molecule has 2 heteroatoms. The van der Waals surface area contributed by atoms with Gasteiger partial charge >= 0.3 is 0 Å². The van der Waals surface area contributed by atoms with Gasteiger partial charge in [0.05, 0.1) is 11.0 Å². The Kier molecular flexibility index (Phi) is 8.05. The molecule has 1 heterocycles. The maximum Gasteiger partial charge on any atom is 0.0541 e. The van der Waals surface area contributed by atoms with Gasteiger partial charge < -0.3 is 9.47 Å². The van der Waals surface area contributed by atoms with Crippen LogP contribution in [0.25, 0.3) is 44.2 Å². The van der Waals surface area contributed by atoms with Gasteiger partial charge in [-0.25, -0.2) is 0 Å². The van der Waals surface area contributed by atoms with E-state index in [0.29, 0.717) is 0 Å². The average molecular weight is 781 g/mol. The second-order valence-electron chi connectivity index (χ2n) is 17.2. The third kappa shape index (κ3) is 5.49. The Morgan fingerprint density at radius 3 is 1.82 bits per heavy atom. The average Bonchev–Trinajstić information content (AvgIpc) is 3.77. The highest BCUT2D eigenvalue weighted by atomic mass is 15.1. The second-order valence-corrected chi connectivity index (χ2v) is 17.2. The molecule has 0 amide bonds. The van der Waals surface area contributed by atoms with Gasteiger partial charge in [0, 0.05) is 50.8 Å². The van der Waals surface area contributed by atoms with Gasteiger partial charge in [-0.3, -0.25) is 0 Å². The molecule has 0 radical (unpaired) electrons. The molecule has 2 atom stereocenters. The van der Waals surface area contributed by atoms with Gasteiger partial charge in [-0.2, -0.15) is 0 Å². The Hall–Kier alpha value is -7.42. The number of aromatic nitrogens is 1. The van der Waals surface area contributed by atoms with Crippen LogP contribution in [0.15, 0.2) is 224 Å². The van der Waals surface area contributed by atoms with Crippen LogP contribution in [0.4, 0.5) is 17.1 Å². The van der Waals surface area contributed by atoms with Crippen molar-refractivity contribution in [2.24, 2.45) is 5.92 Å². The largest absolute Gasteiger partial charge is 0.311 e. The Morgan fingerprint density at radius 2 is 1.08 bits per heavy atom. The fraction of sp³-hybridized carbons (Fsp3) is 0.0847. The van der Waals surface area contributed by atoms with Gasteiger partial charge in [0.25, 0.3) is 0 Å². The second kappa shape index (κ2) is 13.8. The van der Waals surface area contributed by atoms with Crippen LogP contribution in [0.1, 0.15) is 53.1 Å². The number of nitrogens with zero attached hydrogens (tertiary/aromatic N) is 2. The van der Waals surface area contributed by atoms with E-state index in [-0.39, 0.29) is 17.3 Å². The molecule has 61 heavy (non-hydrogen) atoms. The fourth-order valence-electron chi connectivity index (χ4n) is 10.8. The molecule has 3 aliphatic rings. The number of para-hydroxylation sites is 3. The lowest BCUT2D eigenvalue weighted by atomic mass is 9.66. The number of hydrogen-bond donors (Lipinski definition) is 0. The highest BCUT2D eigenvalue weighted by Crippen LogP contribution is 2.53. The molecule has 1 aromatic heterocycles. The summed E-state index contributed by atoms with van der Waals surface area (Å²) in [5, 5.41) is 2.54. The number of fused-ring (bicyclic) bond motifs is 8. The molecule has 2 unspecified atom stereocenters. The highest BCUT2D eigenvalue weighted by molar-refractivity contribution is 6.09. The quantitative estimate of drug-likeness (QED) is 0.163. The van der Waals surface area contributed by atoms with Crippen LogP contribution >= 0.6 is 0 Å². The van der Waals surface area contributed by atoms with E-state index < -0.39 is 0 Å². The number of hydrogen-bond acceptors (Lipinski definition) is 1. The maximum atomic E-state index is 2.49. The third-order valence-electron chi connectivity index (χ3n) is 13.6. The summed E-state index contributed by atoms with van der Waals surface area (Å²) < 4.78 is 2.38. The standard InChI is InChI=1S/C59H44N2/c1-59(2)53-25-13-10-18-45(53)46-37-30-40(38-54(46)59)58-51-23-8-6-21-49(51)57(50-22-7-9-24-52(50)58)39-28-31-42(32-29-39)60(41-16-4-3-5-17-41)43-33-35-44(36-34-43)61-55-26-14-11-19-47(55)48-20-12-15-27-56(48)61/h3-38,49,57H,1-2H3. The van der Waals surface area contributed by atoms with Gasteiger partial charge in [-0.15, -0.1) is 0 Å². The summed E-state index contributed by atoms with van der Waals surface area (Å²) >= 11 is 0. The van der Waals surface area contributed by atoms with Crippen molar-refractivity contribution in [1.29, 1.82) is 0 Å². The third-order valence-corrected chi connectivity index (χ3v) is 13.6. The number of benzene rings is 8. The zero-order valence-corrected chi connectivity index (χ0v) is 34.3. The van der Waals surface area contributed by atoms with E-state index in [0.717, 1.165) is 22.7 Å². The molecule has 12 rings (SSSR count). The van der Waals surface area contributed by atoms with Gasteiger partial charge in [0.15, 0.2) is 0 Å². The molecule has 0 N–H and O–H groups in total. The van der Waals surface area contributed by atoms with Gasteiger partial charge in [-0.05, 0) is 122 Å². The van der Waals surface area contributed by atoms with Crippen LogP contribution in [-0.4, -0.2) is 4.57 Å². The fourth-order valence-corrected chi connectivity index (χ4v) is 10.8. The van der Waals surface area contributed by atoms with Gasteiger partial charge in [0.1, 0.15) is 0 Å². The molecular weight excluding hydrogens is 737 g/mol. The Bertz CT molecular complexity index is 3210. The Morgan fingerprint density at radius 1 is 0.492 bits per heavy atom. The number of allylic oxidation sites excluding steroid dienone is 5. The zero-order chi connectivity index (χ0) is 40.7. The molecule has 0 fully saturated rings. The van der Waals surface area contributed by atoms with Crippen molar-refractivity contribution < 1.29 is 0 Å². The summed E-state index contributed by atoms with van der Waals surface area (Å²) in [5.41, 5.74) is 20.5. The molecule has 8 aromatic carbocycles. The zero-order valence-electron chi connectivity index (χ0n) is 34.3. The summed E-state index contributed by atoms with van der Waals surface area (Å²) in [7, 11) is 0. The van der Waals surface area contributed by atoms with Crippen molar-refractivity contribution >= 4 is 44.4 Å². The molecule has 0 bridgehead atoms. The van der Waals surface area contributed by atoms with Crippen LogP contribution in [-0.2, 0) is 5.41 Å². The first kappa shape index (κ1) is 35.5. The Labute approximate surface area is 357 Å². The van der Waals surface area contributed by atoms with Gasteiger partial charge in [-0.1, -0.05) is 166 Å². The first-order chi connectivity index (χ1) is 30.0. The van der Waals surface area contributed by atoms with E-state index in [9.17, 15) is 0 Å². The molecule has 0 saturated heterocycles. The predicted molar refractivity (Wildman–Crippen MR) is 256 cm³/mol. The van der Waals surface area contributed by atoms with Crippen LogP contribution in [0.3, 0.4) is 0 Å². The van der Waals surface area contributed by atoms with Crippen molar-refractivity contribution in [3.63, 3.8) is 0 Å². The number of anilines is 3. The minimum absolute atomic E-state index is 0.0602. The van der Waals surface area contributed by atoms with E-state index >= 15 is 0 Å². The lowest BCUT2D eigenvalue weighted by Gasteiger charge is -2.37. The molecule has 0 aliphatic heterocycles. The van der Waals surface area contributed by atoms with Crippen molar-refractivity contribution in [1.82, 2.24) is 4.57 Å². The summed E-state index contributed by atoms with van der Waals surface area (Å²) in [6.07, 6.45) is 9.25. The highest BCUT2D eigenvalue weighted by Gasteiger charge is 2.38. The van der Waals surface area contributed by atoms with Crippen molar-refractivity contribution in [3.05, 3.63) is 257 Å². The van der Waals surface area contributed by atoms with E-state index in [1.54, 1.807) is 0 Å². The Balaban J connectivity index is 0.928. The predicted octanol–water partition coefficient (Wildman–Crippen LogP) is 15.2. The number of rotatable bonds is 6. The van der Waals surface area contributed by atoms with Crippen LogP contribution < -0.4 is 4.90 Å². The summed E-state index contributed by atoms with van der Waals surface area (Å²) in [5.74, 6) is 0.383. The van der Waals surface area contributed by atoms with E-state index in [1.165, 1.54) is 77.5 Å². The lowest BCUT2D eigenvalue weighted by Crippen LogP contribution is -2.23. The van der Waals surface area contributed by atoms with E-state index in [4.69, 9.17) is 0 Å². The topological polar surface area (TPSA) is 8.17 Å². The molecule has 9 aromatic rings. The monoisotopic (exact) mass is 780 g/mol. The lowest BCUT2D eigenvalue weighted by molar-refractivity contribution is 0.648. The molecule has 2 nitrogen and oxygen atoms in total. The SMILES string of the molecule is CC1(C)c2ccccc2-c2ccc(C3=C4C=CC=CC4C(c4ccc(N(c5ccccc5)c5ccc(-n6c7ccccc7c7ccccc76)cc5)cc4)c4ccccc43)cc21. The van der Waals surface area contributed by atoms with Crippen LogP contribution in [0, 0.1) is 5.92 Å². The van der Waals surface area contributed by atoms with Gasteiger partial charge in [0.2, 0.25) is 0 Å². The summed E-state index contributed by atoms with van der Waals surface area (Å²) in [4.78, 5) is 2.37. The van der Waals surface area contributed by atoms with E-state index in [1.807, 2.05) is 0 Å². The van der Waals surface area contributed by atoms with Crippen molar-refractivity contribution in [3.8, 4) is 16.8 Å². The van der Waals surface area contributed by atoms with E-state index in [2.05, 4.69) is 242 Å². The first-order valence-electron chi connectivity index (χ1n) is 21.5. The minimum atomic E-state index is -0.0602. The van der Waals surface area contributed by atoms with Crippen LogP contribution in [0.2, 0.25) is 0 Å². The smallest absolute Gasteiger partial charge is 0.0541 e. The maximum absolute atomic E-state index is 2.49. The molecular formula is C59H44N2.